The topological polar surface area (TPSA) is 62.9 Å². The first kappa shape index (κ1) is 16.5. The Bertz CT molecular complexity index is 458. The monoisotopic (exact) mass is 315 g/mol. The van der Waals surface area contributed by atoms with Crippen LogP contribution in [0.25, 0.3) is 0 Å². The smallest absolute Gasteiger partial charge is 0.172 e. The molecule has 0 radical (unpaired) electrons. The molecule has 0 fully saturated rings. The summed E-state index contributed by atoms with van der Waals surface area (Å²) in [6, 6.07) is 0. The van der Waals surface area contributed by atoms with E-state index in [2.05, 4.69) is 0 Å². The molecule has 21 heavy (non-hydrogen) atoms. The SMILES string of the molecule is CC(C)(CN)OC(C)(C)COCC1COc2cscc2O1. The lowest BCUT2D eigenvalue weighted by atomic mass is 10.1. The second-order valence-electron chi connectivity index (χ2n) is 6.49. The number of fused-ring (bicyclic) bond motifs is 1. The van der Waals surface area contributed by atoms with Gasteiger partial charge in [0.05, 0.1) is 24.4 Å². The van der Waals surface area contributed by atoms with Crippen molar-refractivity contribution in [2.24, 2.45) is 5.73 Å². The zero-order valence-electron chi connectivity index (χ0n) is 13.2. The molecule has 120 valence electrons. The van der Waals surface area contributed by atoms with Crippen LogP contribution in [-0.2, 0) is 9.47 Å². The fourth-order valence-electron chi connectivity index (χ4n) is 2.20. The van der Waals surface area contributed by atoms with Crippen LogP contribution in [0.15, 0.2) is 10.8 Å². The molecule has 1 unspecified atom stereocenters. The number of hydrogen-bond acceptors (Lipinski definition) is 6. The van der Waals surface area contributed by atoms with Crippen molar-refractivity contribution in [2.75, 3.05) is 26.4 Å². The number of nitrogens with two attached hydrogens (primary N) is 1. The normalized spacial score (nSPS) is 18.8. The van der Waals surface area contributed by atoms with E-state index in [1.807, 2.05) is 38.5 Å². The molecule has 0 saturated heterocycles. The summed E-state index contributed by atoms with van der Waals surface area (Å²) in [7, 11) is 0. The molecule has 1 atom stereocenters. The lowest BCUT2D eigenvalue weighted by Crippen LogP contribution is -2.45. The van der Waals surface area contributed by atoms with Gasteiger partial charge in [-0.15, -0.1) is 11.3 Å². The van der Waals surface area contributed by atoms with Gasteiger partial charge in [-0.05, 0) is 27.7 Å². The summed E-state index contributed by atoms with van der Waals surface area (Å²) in [6.45, 7) is 9.89. The number of hydrogen-bond donors (Lipinski definition) is 1. The average Bonchev–Trinajstić information content (AvgIpc) is 2.84. The first-order chi connectivity index (χ1) is 9.81. The van der Waals surface area contributed by atoms with Crippen molar-refractivity contribution in [3.8, 4) is 11.5 Å². The van der Waals surface area contributed by atoms with Gasteiger partial charge in [-0.2, -0.15) is 0 Å². The fourth-order valence-corrected chi connectivity index (χ4v) is 2.87. The van der Waals surface area contributed by atoms with E-state index in [4.69, 9.17) is 24.7 Å². The third kappa shape index (κ3) is 4.85. The quantitative estimate of drug-likeness (QED) is 0.837. The second-order valence-corrected chi connectivity index (χ2v) is 7.24. The lowest BCUT2D eigenvalue weighted by molar-refractivity contribution is -0.152. The highest BCUT2D eigenvalue weighted by molar-refractivity contribution is 7.08. The third-order valence-corrected chi connectivity index (χ3v) is 3.81. The highest BCUT2D eigenvalue weighted by Gasteiger charge is 2.29. The molecule has 0 aromatic carbocycles. The van der Waals surface area contributed by atoms with Crippen LogP contribution in [0.4, 0.5) is 0 Å². The summed E-state index contributed by atoms with van der Waals surface area (Å²) in [4.78, 5) is 0. The van der Waals surface area contributed by atoms with E-state index in [1.165, 1.54) is 0 Å². The molecule has 5 nitrogen and oxygen atoms in total. The Labute approximate surface area is 130 Å². The first-order valence-electron chi connectivity index (χ1n) is 7.15. The Morgan fingerprint density at radius 3 is 2.67 bits per heavy atom. The van der Waals surface area contributed by atoms with E-state index in [-0.39, 0.29) is 11.7 Å². The first-order valence-corrected chi connectivity index (χ1v) is 8.09. The predicted molar refractivity (Wildman–Crippen MR) is 83.3 cm³/mol. The molecule has 2 N–H and O–H groups in total. The molecule has 2 rings (SSSR count). The van der Waals surface area contributed by atoms with Crippen LogP contribution < -0.4 is 15.2 Å². The van der Waals surface area contributed by atoms with Crippen molar-refractivity contribution < 1.29 is 18.9 Å². The van der Waals surface area contributed by atoms with E-state index < -0.39 is 5.60 Å². The maximum Gasteiger partial charge on any atom is 0.172 e. The van der Waals surface area contributed by atoms with Gasteiger partial charge in [0.15, 0.2) is 17.6 Å². The lowest BCUT2D eigenvalue weighted by Gasteiger charge is -2.35. The van der Waals surface area contributed by atoms with Crippen LogP contribution in [0.2, 0.25) is 0 Å². The minimum atomic E-state index is -0.397. The van der Waals surface area contributed by atoms with Gasteiger partial charge >= 0.3 is 0 Å². The van der Waals surface area contributed by atoms with Gasteiger partial charge in [0.2, 0.25) is 0 Å². The molecule has 1 aromatic rings. The molecular weight excluding hydrogens is 290 g/mol. The molecule has 0 saturated carbocycles. The molecular formula is C15H25NO4S. The molecule has 0 amide bonds. The van der Waals surface area contributed by atoms with Crippen molar-refractivity contribution >= 4 is 11.3 Å². The molecule has 1 aliphatic heterocycles. The fraction of sp³-hybridized carbons (Fsp3) is 0.733. The minimum Gasteiger partial charge on any atom is -0.485 e. The van der Waals surface area contributed by atoms with E-state index in [1.54, 1.807) is 11.3 Å². The predicted octanol–water partition coefficient (Wildman–Crippen LogP) is 2.44. The zero-order valence-corrected chi connectivity index (χ0v) is 14.0. The van der Waals surface area contributed by atoms with Crippen LogP contribution in [0, 0.1) is 0 Å². The molecule has 1 aromatic heterocycles. The van der Waals surface area contributed by atoms with Gasteiger partial charge in [-0.1, -0.05) is 0 Å². The van der Waals surface area contributed by atoms with Crippen LogP contribution in [0.3, 0.4) is 0 Å². The maximum absolute atomic E-state index is 5.99. The van der Waals surface area contributed by atoms with Gasteiger partial charge in [-0.25, -0.2) is 0 Å². The summed E-state index contributed by atoms with van der Waals surface area (Å²) in [5, 5.41) is 3.89. The Kier molecular flexibility index (Phi) is 5.14. The second kappa shape index (κ2) is 6.52. The van der Waals surface area contributed by atoms with Crippen molar-refractivity contribution in [1.29, 1.82) is 0 Å². The van der Waals surface area contributed by atoms with Crippen LogP contribution >= 0.6 is 11.3 Å². The molecule has 2 heterocycles. The van der Waals surface area contributed by atoms with Gasteiger partial charge in [0.25, 0.3) is 0 Å². The minimum absolute atomic E-state index is 0.0783. The number of thiophene rings is 1. The molecule has 0 aliphatic carbocycles. The number of rotatable bonds is 7. The third-order valence-electron chi connectivity index (χ3n) is 3.11. The van der Waals surface area contributed by atoms with Crippen molar-refractivity contribution in [3.05, 3.63) is 10.8 Å². The summed E-state index contributed by atoms with van der Waals surface area (Å²) in [6.07, 6.45) is -0.0783. The van der Waals surface area contributed by atoms with Gasteiger partial charge < -0.3 is 24.7 Å². The van der Waals surface area contributed by atoms with Crippen LogP contribution in [-0.4, -0.2) is 43.7 Å². The van der Waals surface area contributed by atoms with Crippen molar-refractivity contribution in [1.82, 2.24) is 0 Å². The Morgan fingerprint density at radius 2 is 1.95 bits per heavy atom. The van der Waals surface area contributed by atoms with E-state index >= 15 is 0 Å². The Hall–Kier alpha value is -0.820. The maximum atomic E-state index is 5.99. The summed E-state index contributed by atoms with van der Waals surface area (Å²) in [5.41, 5.74) is 4.94. The van der Waals surface area contributed by atoms with E-state index in [0.29, 0.717) is 26.4 Å². The zero-order chi connectivity index (χ0) is 15.5. The Morgan fingerprint density at radius 1 is 1.24 bits per heavy atom. The molecule has 1 aliphatic rings. The highest BCUT2D eigenvalue weighted by Crippen LogP contribution is 2.35. The van der Waals surface area contributed by atoms with Crippen molar-refractivity contribution in [3.63, 3.8) is 0 Å². The van der Waals surface area contributed by atoms with Gasteiger partial charge in [0.1, 0.15) is 6.61 Å². The number of ether oxygens (including phenoxy) is 4. The molecule has 0 bridgehead atoms. The average molecular weight is 315 g/mol. The van der Waals surface area contributed by atoms with Crippen molar-refractivity contribution in [2.45, 2.75) is 45.0 Å². The van der Waals surface area contributed by atoms with E-state index in [0.717, 1.165) is 11.5 Å². The summed E-state index contributed by atoms with van der Waals surface area (Å²) in [5.74, 6) is 1.63. The van der Waals surface area contributed by atoms with Gasteiger partial charge in [0, 0.05) is 17.3 Å². The standard InChI is InChI=1S/C15H25NO4S/c1-14(2,9-16)20-15(3,4)10-17-5-11-6-18-12-7-21-8-13(12)19-11/h7-8,11H,5-6,9-10,16H2,1-4H3. The molecule has 6 heteroatoms. The Balaban J connectivity index is 1.74. The van der Waals surface area contributed by atoms with Crippen LogP contribution in [0.1, 0.15) is 27.7 Å². The van der Waals surface area contributed by atoms with E-state index in [9.17, 15) is 0 Å². The summed E-state index contributed by atoms with van der Waals surface area (Å²) >= 11 is 1.57. The molecule has 0 spiro atoms. The highest BCUT2D eigenvalue weighted by atomic mass is 32.1. The summed E-state index contributed by atoms with van der Waals surface area (Å²) < 4.78 is 23.2. The van der Waals surface area contributed by atoms with Gasteiger partial charge in [-0.3, -0.25) is 0 Å². The van der Waals surface area contributed by atoms with Crippen LogP contribution in [0.5, 0.6) is 11.5 Å². The largest absolute Gasteiger partial charge is 0.485 e.